The van der Waals surface area contributed by atoms with Gasteiger partial charge in [0.2, 0.25) is 0 Å². The lowest BCUT2D eigenvalue weighted by molar-refractivity contribution is 0.0491. The van der Waals surface area contributed by atoms with Gasteiger partial charge in [0.25, 0.3) is 0 Å². The molecule has 0 heterocycles. The monoisotopic (exact) mass is 294 g/mol. The summed E-state index contributed by atoms with van der Waals surface area (Å²) in [5, 5.41) is 18.5. The third kappa shape index (κ3) is 3.47. The lowest BCUT2D eigenvalue weighted by atomic mass is 9.70. The van der Waals surface area contributed by atoms with Gasteiger partial charge in [0.15, 0.2) is 0 Å². The molecular weight excluding hydrogens is 260 g/mol. The fraction of sp³-hybridized carbons (Fsp3) is 1.00. The first kappa shape index (κ1) is 15.8. The molecule has 7 atom stereocenters. The van der Waals surface area contributed by atoms with E-state index in [4.69, 9.17) is 5.11 Å². The maximum absolute atomic E-state index is 9.45. The molecule has 2 bridgehead atoms. The van der Waals surface area contributed by atoms with Crippen molar-refractivity contribution in [3.8, 4) is 0 Å². The second-order valence-corrected chi connectivity index (χ2v) is 8.31. The van der Waals surface area contributed by atoms with Crippen LogP contribution < -0.4 is 0 Å². The molecule has 0 amide bonds. The van der Waals surface area contributed by atoms with Gasteiger partial charge in [0.1, 0.15) is 0 Å². The van der Waals surface area contributed by atoms with Crippen molar-refractivity contribution in [2.24, 2.45) is 35.5 Å². The molecule has 2 N–H and O–H groups in total. The van der Waals surface area contributed by atoms with Crippen molar-refractivity contribution in [1.29, 1.82) is 0 Å². The predicted molar refractivity (Wildman–Crippen MR) is 85.9 cm³/mol. The van der Waals surface area contributed by atoms with E-state index in [1.807, 2.05) is 0 Å². The van der Waals surface area contributed by atoms with E-state index in [1.165, 1.54) is 51.4 Å². The zero-order valence-electron chi connectivity index (χ0n) is 13.7. The molecule has 0 aromatic heterocycles. The van der Waals surface area contributed by atoms with E-state index < -0.39 is 0 Å². The molecule has 0 aromatic carbocycles. The Morgan fingerprint density at radius 1 is 0.762 bits per heavy atom. The highest BCUT2D eigenvalue weighted by atomic mass is 16.3. The van der Waals surface area contributed by atoms with Crippen molar-refractivity contribution < 1.29 is 10.2 Å². The second-order valence-electron chi connectivity index (χ2n) is 8.31. The molecular formula is C19H34O2. The molecule has 21 heavy (non-hydrogen) atoms. The maximum Gasteiger partial charge on any atom is 0.0543 e. The molecule has 7 unspecified atom stereocenters. The van der Waals surface area contributed by atoms with E-state index in [0.29, 0.717) is 12.5 Å². The summed E-state index contributed by atoms with van der Waals surface area (Å²) in [6, 6.07) is 0. The molecule has 4 saturated carbocycles. The number of aliphatic hydroxyl groups is 2. The molecule has 0 saturated heterocycles. The Kier molecular flexibility index (Phi) is 5.27. The topological polar surface area (TPSA) is 40.5 Å². The highest BCUT2D eigenvalue weighted by Gasteiger charge is 2.44. The minimum atomic E-state index is 0.0364. The first-order chi connectivity index (χ1) is 10.2. The van der Waals surface area contributed by atoms with Crippen molar-refractivity contribution in [3.63, 3.8) is 0 Å². The minimum Gasteiger partial charge on any atom is -0.396 e. The molecule has 2 heteroatoms. The van der Waals surface area contributed by atoms with Crippen LogP contribution in [-0.2, 0) is 0 Å². The first-order valence-electron chi connectivity index (χ1n) is 9.48. The quantitative estimate of drug-likeness (QED) is 0.767. The van der Waals surface area contributed by atoms with Crippen LogP contribution in [0.1, 0.15) is 71.1 Å². The average molecular weight is 294 g/mol. The molecule has 4 rings (SSSR count). The summed E-state index contributed by atoms with van der Waals surface area (Å²) in [7, 11) is 0. The summed E-state index contributed by atoms with van der Waals surface area (Å²) in [5.74, 6) is 5.16. The van der Waals surface area contributed by atoms with E-state index in [9.17, 15) is 5.11 Å². The van der Waals surface area contributed by atoms with Crippen LogP contribution in [0.3, 0.4) is 0 Å². The molecule has 0 spiro atoms. The third-order valence-corrected chi connectivity index (χ3v) is 7.26. The second kappa shape index (κ2) is 7.00. The van der Waals surface area contributed by atoms with Gasteiger partial charge >= 0.3 is 0 Å². The molecule has 122 valence electrons. The van der Waals surface area contributed by atoms with E-state index in [-0.39, 0.29) is 6.10 Å². The van der Waals surface area contributed by atoms with E-state index in [1.54, 1.807) is 0 Å². The molecule has 4 aliphatic rings. The van der Waals surface area contributed by atoms with Crippen LogP contribution in [0.15, 0.2) is 0 Å². The largest absolute Gasteiger partial charge is 0.396 e. The maximum atomic E-state index is 9.45. The van der Waals surface area contributed by atoms with Crippen molar-refractivity contribution in [2.45, 2.75) is 77.2 Å². The van der Waals surface area contributed by atoms with Crippen LogP contribution >= 0.6 is 0 Å². The Hall–Kier alpha value is -0.0800. The fourth-order valence-corrected chi connectivity index (χ4v) is 5.86. The number of hydrogen-bond donors (Lipinski definition) is 2. The van der Waals surface area contributed by atoms with Crippen molar-refractivity contribution in [3.05, 3.63) is 0 Å². The van der Waals surface area contributed by atoms with Crippen LogP contribution in [-0.4, -0.2) is 22.9 Å². The summed E-state index contributed by atoms with van der Waals surface area (Å²) < 4.78 is 0. The van der Waals surface area contributed by atoms with Gasteiger partial charge in [-0.1, -0.05) is 32.6 Å². The predicted octanol–water partition coefficient (Wildman–Crippen LogP) is 4.00. The van der Waals surface area contributed by atoms with Crippen LogP contribution in [0.4, 0.5) is 0 Å². The van der Waals surface area contributed by atoms with Crippen molar-refractivity contribution in [2.75, 3.05) is 6.61 Å². The molecule has 4 aliphatic carbocycles. The van der Waals surface area contributed by atoms with Gasteiger partial charge in [-0.25, -0.2) is 0 Å². The molecule has 4 fully saturated rings. The number of aliphatic hydroxyl groups excluding tert-OH is 2. The zero-order chi connectivity index (χ0) is 14.8. The van der Waals surface area contributed by atoms with Crippen LogP contribution in [0.2, 0.25) is 0 Å². The van der Waals surface area contributed by atoms with Gasteiger partial charge in [0.05, 0.1) is 6.10 Å². The fourth-order valence-electron chi connectivity index (χ4n) is 5.86. The Morgan fingerprint density at radius 3 is 2.05 bits per heavy atom. The summed E-state index contributed by atoms with van der Waals surface area (Å²) in [4.78, 5) is 0. The van der Waals surface area contributed by atoms with E-state index in [2.05, 4.69) is 6.92 Å². The third-order valence-electron chi connectivity index (χ3n) is 7.26. The normalized spacial score (nSPS) is 48.4. The lowest BCUT2D eigenvalue weighted by Crippen LogP contribution is -2.29. The molecule has 2 nitrogen and oxygen atoms in total. The summed E-state index contributed by atoms with van der Waals surface area (Å²) in [6.45, 7) is 2.74. The molecule has 0 aliphatic heterocycles. The van der Waals surface area contributed by atoms with Crippen molar-refractivity contribution >= 4 is 0 Å². The van der Waals surface area contributed by atoms with Crippen LogP contribution in [0.5, 0.6) is 0 Å². The summed E-state index contributed by atoms with van der Waals surface area (Å²) in [5.41, 5.74) is 0. The number of fused-ring (bicyclic) bond motifs is 3. The van der Waals surface area contributed by atoms with Crippen LogP contribution in [0, 0.1) is 35.5 Å². The molecule has 0 aromatic rings. The summed E-state index contributed by atoms with van der Waals surface area (Å²) >= 11 is 0. The lowest BCUT2D eigenvalue weighted by Gasteiger charge is -2.37. The van der Waals surface area contributed by atoms with Gasteiger partial charge in [-0.05, 0) is 74.0 Å². The highest BCUT2D eigenvalue weighted by molar-refractivity contribution is 4.94. The van der Waals surface area contributed by atoms with Gasteiger partial charge in [-0.3, -0.25) is 0 Å². The Labute approximate surface area is 130 Å². The molecule has 0 radical (unpaired) electrons. The number of rotatable bonds is 1. The Bertz CT molecular complexity index is 328. The van der Waals surface area contributed by atoms with Gasteiger partial charge in [-0.15, -0.1) is 0 Å². The first-order valence-corrected chi connectivity index (χ1v) is 9.48. The van der Waals surface area contributed by atoms with Crippen LogP contribution in [0.25, 0.3) is 0 Å². The Morgan fingerprint density at radius 2 is 1.43 bits per heavy atom. The SMILES string of the molecule is CC1C2CCC(C2)C1CO.OC1CCC2CCCCC2C1. The smallest absolute Gasteiger partial charge is 0.0543 e. The Balaban J connectivity index is 0.000000126. The number of hydrogen-bond acceptors (Lipinski definition) is 2. The van der Waals surface area contributed by atoms with Gasteiger partial charge < -0.3 is 10.2 Å². The minimum absolute atomic E-state index is 0.0364. The van der Waals surface area contributed by atoms with E-state index in [0.717, 1.165) is 42.4 Å². The highest BCUT2D eigenvalue weighted by Crippen LogP contribution is 2.51. The standard InChI is InChI=1S/C10H18O.C9H16O/c11-10-6-5-8-3-1-2-4-9(8)7-10;1-6-7-2-3-8(4-7)9(6)5-10/h8-11H,1-7H2;6-10H,2-5H2,1H3. The van der Waals surface area contributed by atoms with E-state index >= 15 is 0 Å². The average Bonchev–Trinajstić information content (AvgIpc) is 3.08. The summed E-state index contributed by atoms with van der Waals surface area (Å²) in [6.07, 6.45) is 13.4. The zero-order valence-corrected chi connectivity index (χ0v) is 13.7. The van der Waals surface area contributed by atoms with Gasteiger partial charge in [-0.2, -0.15) is 0 Å². The van der Waals surface area contributed by atoms with Crippen molar-refractivity contribution in [1.82, 2.24) is 0 Å². The van der Waals surface area contributed by atoms with Gasteiger partial charge in [0, 0.05) is 6.61 Å².